The second kappa shape index (κ2) is 4.98. The summed E-state index contributed by atoms with van der Waals surface area (Å²) in [5.74, 6) is 0. The van der Waals surface area contributed by atoms with Crippen molar-refractivity contribution in [2.75, 3.05) is 6.61 Å². The van der Waals surface area contributed by atoms with Gasteiger partial charge in [0.25, 0.3) is 0 Å². The first-order valence-corrected chi connectivity index (χ1v) is 6.44. The molecule has 1 amide bonds. The Morgan fingerprint density at radius 2 is 2.32 bits per heavy atom. The van der Waals surface area contributed by atoms with E-state index in [0.717, 1.165) is 5.56 Å². The maximum atomic E-state index is 12.1. The number of hydrogen-bond acceptors (Lipinski definition) is 4. The Morgan fingerprint density at radius 3 is 2.89 bits per heavy atom. The third kappa shape index (κ3) is 2.98. The number of carbonyl (C=O) groups is 1. The third-order valence-electron chi connectivity index (χ3n) is 2.80. The van der Waals surface area contributed by atoms with Crippen LogP contribution in [0.4, 0.5) is 4.79 Å². The quantitative estimate of drug-likeness (QED) is 0.861. The Bertz CT molecular complexity index is 499. The molecule has 5 nitrogen and oxygen atoms in total. The molecular formula is C13H17ClN2O3. The van der Waals surface area contributed by atoms with Gasteiger partial charge in [-0.05, 0) is 32.4 Å². The minimum Gasteiger partial charge on any atom is -0.444 e. The summed E-state index contributed by atoms with van der Waals surface area (Å²) in [6, 6.07) is 1.29. The van der Waals surface area contributed by atoms with Gasteiger partial charge in [0, 0.05) is 6.20 Å². The first-order valence-electron chi connectivity index (χ1n) is 6.06. The van der Waals surface area contributed by atoms with Crippen LogP contribution in [0.25, 0.3) is 0 Å². The highest BCUT2D eigenvalue weighted by Crippen LogP contribution is 2.34. The Kier molecular flexibility index (Phi) is 3.69. The Morgan fingerprint density at radius 1 is 1.63 bits per heavy atom. The topological polar surface area (TPSA) is 62.7 Å². The van der Waals surface area contributed by atoms with E-state index in [1.54, 1.807) is 26.8 Å². The molecule has 0 spiro atoms. The summed E-state index contributed by atoms with van der Waals surface area (Å²) in [4.78, 5) is 17.8. The van der Waals surface area contributed by atoms with Crippen molar-refractivity contribution in [3.8, 4) is 0 Å². The molecule has 0 fully saturated rings. The SMILES string of the molecule is CC(C)(C)OC(=O)N1Cc2cc(Cl)cnc2[C@@H]1CO. The zero-order chi connectivity index (χ0) is 14.2. The minimum absolute atomic E-state index is 0.194. The largest absolute Gasteiger partial charge is 0.444 e. The summed E-state index contributed by atoms with van der Waals surface area (Å²) in [6.45, 7) is 5.56. The molecule has 2 rings (SSSR count). The number of rotatable bonds is 1. The van der Waals surface area contributed by atoms with Crippen molar-refractivity contribution in [3.05, 3.63) is 28.5 Å². The van der Waals surface area contributed by atoms with Crippen LogP contribution in [-0.2, 0) is 11.3 Å². The molecule has 0 saturated heterocycles. The maximum Gasteiger partial charge on any atom is 0.411 e. The lowest BCUT2D eigenvalue weighted by molar-refractivity contribution is 0.0107. The van der Waals surface area contributed by atoms with Gasteiger partial charge in [0.05, 0.1) is 23.9 Å². The van der Waals surface area contributed by atoms with Crippen LogP contribution in [0.1, 0.15) is 38.1 Å². The van der Waals surface area contributed by atoms with Gasteiger partial charge in [0.2, 0.25) is 0 Å². The Balaban J connectivity index is 2.24. The second-order valence-electron chi connectivity index (χ2n) is 5.50. The average molecular weight is 285 g/mol. The molecule has 1 atom stereocenters. The minimum atomic E-state index is -0.572. The summed E-state index contributed by atoms with van der Waals surface area (Å²) >= 11 is 5.89. The van der Waals surface area contributed by atoms with Crippen LogP contribution in [-0.4, -0.2) is 33.3 Å². The van der Waals surface area contributed by atoms with Gasteiger partial charge in [-0.2, -0.15) is 0 Å². The average Bonchev–Trinajstić information content (AvgIpc) is 2.64. The number of fused-ring (bicyclic) bond motifs is 1. The molecule has 6 heteroatoms. The molecule has 1 N–H and O–H groups in total. The van der Waals surface area contributed by atoms with Crippen molar-refractivity contribution in [1.82, 2.24) is 9.88 Å². The van der Waals surface area contributed by atoms with Crippen molar-refractivity contribution >= 4 is 17.7 Å². The van der Waals surface area contributed by atoms with Gasteiger partial charge in [0.1, 0.15) is 11.6 Å². The number of amides is 1. The molecule has 1 aromatic rings. The van der Waals surface area contributed by atoms with Gasteiger partial charge in [-0.25, -0.2) is 4.79 Å². The molecule has 1 aliphatic rings. The normalized spacial score (nSPS) is 18.4. The number of nitrogens with zero attached hydrogens (tertiary/aromatic N) is 2. The standard InChI is InChI=1S/C13H17ClN2O3/c1-13(2,3)19-12(18)16-6-8-4-9(14)5-15-11(8)10(16)7-17/h4-5,10,17H,6-7H2,1-3H3/t10-/m0/s1. The van der Waals surface area contributed by atoms with Crippen LogP contribution >= 0.6 is 11.6 Å². The summed E-state index contributed by atoms with van der Waals surface area (Å²) in [7, 11) is 0. The molecule has 2 heterocycles. The fourth-order valence-corrected chi connectivity index (χ4v) is 2.24. The lowest BCUT2D eigenvalue weighted by atomic mass is 10.1. The molecular weight excluding hydrogens is 268 g/mol. The highest BCUT2D eigenvalue weighted by atomic mass is 35.5. The zero-order valence-corrected chi connectivity index (χ0v) is 11.9. The summed E-state index contributed by atoms with van der Waals surface area (Å²) in [5, 5.41) is 9.99. The first kappa shape index (κ1) is 14.1. The molecule has 0 unspecified atom stereocenters. The van der Waals surface area contributed by atoms with Gasteiger partial charge in [0.15, 0.2) is 0 Å². The fraction of sp³-hybridized carbons (Fsp3) is 0.538. The Labute approximate surface area is 117 Å². The van der Waals surface area contributed by atoms with E-state index in [9.17, 15) is 9.90 Å². The van der Waals surface area contributed by atoms with Gasteiger partial charge in [-0.1, -0.05) is 11.6 Å². The van der Waals surface area contributed by atoms with Crippen molar-refractivity contribution in [2.24, 2.45) is 0 Å². The molecule has 0 saturated carbocycles. The fourth-order valence-electron chi connectivity index (χ4n) is 2.06. The molecule has 0 aliphatic carbocycles. The van der Waals surface area contributed by atoms with Crippen molar-refractivity contribution in [3.63, 3.8) is 0 Å². The van der Waals surface area contributed by atoms with Gasteiger partial charge < -0.3 is 9.84 Å². The number of aromatic nitrogens is 1. The zero-order valence-electron chi connectivity index (χ0n) is 11.2. The highest BCUT2D eigenvalue weighted by Gasteiger charge is 2.36. The van der Waals surface area contributed by atoms with E-state index in [2.05, 4.69) is 4.98 Å². The molecule has 0 radical (unpaired) electrons. The smallest absolute Gasteiger partial charge is 0.411 e. The lowest BCUT2D eigenvalue weighted by Gasteiger charge is -2.27. The van der Waals surface area contributed by atoms with E-state index in [4.69, 9.17) is 16.3 Å². The van der Waals surface area contributed by atoms with Gasteiger partial charge in [-0.15, -0.1) is 0 Å². The monoisotopic (exact) mass is 284 g/mol. The number of hydrogen-bond donors (Lipinski definition) is 1. The molecule has 19 heavy (non-hydrogen) atoms. The predicted molar refractivity (Wildman–Crippen MR) is 70.9 cm³/mol. The number of halogens is 1. The molecule has 104 valence electrons. The van der Waals surface area contributed by atoms with E-state index in [0.29, 0.717) is 17.3 Å². The lowest BCUT2D eigenvalue weighted by Crippen LogP contribution is -2.36. The molecule has 1 aromatic heterocycles. The van der Waals surface area contributed by atoms with Crippen LogP contribution in [0, 0.1) is 0 Å². The van der Waals surface area contributed by atoms with Crippen LogP contribution in [0.2, 0.25) is 5.02 Å². The summed E-state index contributed by atoms with van der Waals surface area (Å²) in [5.41, 5.74) is 0.951. The summed E-state index contributed by atoms with van der Waals surface area (Å²) < 4.78 is 5.33. The maximum absolute atomic E-state index is 12.1. The number of aliphatic hydroxyl groups is 1. The first-order chi connectivity index (χ1) is 8.81. The number of carbonyl (C=O) groups excluding carboxylic acids is 1. The van der Waals surface area contributed by atoms with Crippen LogP contribution in [0.15, 0.2) is 12.3 Å². The van der Waals surface area contributed by atoms with E-state index in [-0.39, 0.29) is 6.61 Å². The molecule has 0 bridgehead atoms. The van der Waals surface area contributed by atoms with Gasteiger partial charge >= 0.3 is 6.09 Å². The van der Waals surface area contributed by atoms with Crippen LogP contribution < -0.4 is 0 Å². The molecule has 0 aromatic carbocycles. The highest BCUT2D eigenvalue weighted by molar-refractivity contribution is 6.30. The van der Waals surface area contributed by atoms with Crippen molar-refractivity contribution in [1.29, 1.82) is 0 Å². The predicted octanol–water partition coefficient (Wildman–Crippen LogP) is 2.52. The van der Waals surface area contributed by atoms with Gasteiger partial charge in [-0.3, -0.25) is 9.88 Å². The third-order valence-corrected chi connectivity index (χ3v) is 3.01. The Hall–Kier alpha value is -1.33. The van der Waals surface area contributed by atoms with Crippen LogP contribution in [0.5, 0.6) is 0 Å². The van der Waals surface area contributed by atoms with Crippen molar-refractivity contribution in [2.45, 2.75) is 39.0 Å². The number of ether oxygens (including phenoxy) is 1. The van der Waals surface area contributed by atoms with E-state index < -0.39 is 17.7 Å². The van der Waals surface area contributed by atoms with Crippen molar-refractivity contribution < 1.29 is 14.6 Å². The van der Waals surface area contributed by atoms with E-state index >= 15 is 0 Å². The second-order valence-corrected chi connectivity index (χ2v) is 5.94. The van der Waals surface area contributed by atoms with E-state index in [1.807, 2.05) is 0 Å². The van der Waals surface area contributed by atoms with Crippen LogP contribution in [0.3, 0.4) is 0 Å². The number of aliphatic hydroxyl groups excluding tert-OH is 1. The molecule has 1 aliphatic heterocycles. The summed E-state index contributed by atoms with van der Waals surface area (Å²) in [6.07, 6.45) is 1.06. The van der Waals surface area contributed by atoms with E-state index in [1.165, 1.54) is 11.1 Å². The number of pyridine rings is 1.